The minimum absolute atomic E-state index is 0.251. The highest BCUT2D eigenvalue weighted by Crippen LogP contribution is 2.35. The second-order valence-corrected chi connectivity index (χ2v) is 5.86. The van der Waals surface area contributed by atoms with E-state index in [2.05, 4.69) is 18.5 Å². The summed E-state index contributed by atoms with van der Waals surface area (Å²) >= 11 is 0. The largest absolute Gasteiger partial charge is 0.493 e. The molecule has 1 aromatic carbocycles. The average molecular weight is 343 g/mol. The molecule has 0 spiro atoms. The van der Waals surface area contributed by atoms with Gasteiger partial charge in [0.05, 0.1) is 13.7 Å². The summed E-state index contributed by atoms with van der Waals surface area (Å²) < 4.78 is 16.5. The number of rotatable bonds is 10. The SMILES string of the molecule is C=CCc1ccc(OC(NCCOC(=O)C(=C)C)=C2CC2)c(OC)c1. The van der Waals surface area contributed by atoms with E-state index < -0.39 is 0 Å². The van der Waals surface area contributed by atoms with E-state index >= 15 is 0 Å². The Kier molecular flexibility index (Phi) is 6.69. The van der Waals surface area contributed by atoms with Crippen LogP contribution in [0.2, 0.25) is 0 Å². The predicted octanol–water partition coefficient (Wildman–Crippen LogP) is 3.52. The van der Waals surface area contributed by atoms with Crippen molar-refractivity contribution >= 4 is 5.97 Å². The van der Waals surface area contributed by atoms with Crippen LogP contribution >= 0.6 is 0 Å². The number of nitrogens with one attached hydrogen (secondary N) is 1. The van der Waals surface area contributed by atoms with Crippen molar-refractivity contribution in [2.75, 3.05) is 20.3 Å². The van der Waals surface area contributed by atoms with Gasteiger partial charge in [0.15, 0.2) is 17.4 Å². The molecule has 0 heterocycles. The van der Waals surface area contributed by atoms with E-state index in [1.807, 2.05) is 24.3 Å². The number of hydrogen-bond donors (Lipinski definition) is 1. The van der Waals surface area contributed by atoms with Crippen molar-refractivity contribution in [2.45, 2.75) is 26.2 Å². The van der Waals surface area contributed by atoms with Gasteiger partial charge in [0.25, 0.3) is 0 Å². The first-order valence-electron chi connectivity index (χ1n) is 8.29. The molecular formula is C20H25NO4. The second kappa shape index (κ2) is 8.97. The summed E-state index contributed by atoms with van der Waals surface area (Å²) in [5.41, 5.74) is 2.71. The standard InChI is InChI=1S/C20H25NO4/c1-5-6-15-7-10-17(18(13-15)23-4)25-19(16-8-9-16)21-11-12-24-20(22)14(2)3/h5,7,10,13,21H,1-2,6,8-9,11-12H2,3-4H3. The number of methoxy groups -OCH3 is 1. The molecule has 5 heteroatoms. The summed E-state index contributed by atoms with van der Waals surface area (Å²) in [6, 6.07) is 5.83. The van der Waals surface area contributed by atoms with E-state index in [0.29, 0.717) is 29.5 Å². The Bertz CT molecular complexity index is 685. The molecule has 0 amide bonds. The van der Waals surface area contributed by atoms with E-state index in [0.717, 1.165) is 24.8 Å². The second-order valence-electron chi connectivity index (χ2n) is 5.86. The van der Waals surface area contributed by atoms with Crippen molar-refractivity contribution in [3.63, 3.8) is 0 Å². The van der Waals surface area contributed by atoms with Crippen molar-refractivity contribution in [3.05, 3.63) is 60.0 Å². The summed E-state index contributed by atoms with van der Waals surface area (Å²) in [5, 5.41) is 3.19. The predicted molar refractivity (Wildman–Crippen MR) is 97.6 cm³/mol. The van der Waals surface area contributed by atoms with Crippen LogP contribution in [-0.2, 0) is 16.0 Å². The van der Waals surface area contributed by atoms with Gasteiger partial charge in [0.2, 0.25) is 0 Å². The van der Waals surface area contributed by atoms with E-state index in [4.69, 9.17) is 14.2 Å². The molecule has 1 aromatic rings. The van der Waals surface area contributed by atoms with Gasteiger partial charge in [-0.1, -0.05) is 18.7 Å². The van der Waals surface area contributed by atoms with Gasteiger partial charge in [-0.2, -0.15) is 0 Å². The first-order valence-corrected chi connectivity index (χ1v) is 8.29. The minimum atomic E-state index is -0.386. The monoisotopic (exact) mass is 343 g/mol. The molecule has 0 unspecified atom stereocenters. The Morgan fingerprint density at radius 1 is 1.32 bits per heavy atom. The molecule has 0 saturated heterocycles. The molecule has 25 heavy (non-hydrogen) atoms. The summed E-state index contributed by atoms with van der Waals surface area (Å²) in [7, 11) is 1.62. The van der Waals surface area contributed by atoms with Gasteiger partial charge in [-0.15, -0.1) is 6.58 Å². The van der Waals surface area contributed by atoms with Crippen molar-refractivity contribution in [2.24, 2.45) is 0 Å². The van der Waals surface area contributed by atoms with Gasteiger partial charge < -0.3 is 19.5 Å². The van der Waals surface area contributed by atoms with Gasteiger partial charge in [-0.3, -0.25) is 0 Å². The van der Waals surface area contributed by atoms with Gasteiger partial charge in [-0.25, -0.2) is 4.79 Å². The Morgan fingerprint density at radius 2 is 2.08 bits per heavy atom. The maximum atomic E-state index is 11.4. The fourth-order valence-electron chi connectivity index (χ4n) is 2.15. The zero-order chi connectivity index (χ0) is 18.2. The highest BCUT2D eigenvalue weighted by molar-refractivity contribution is 5.86. The van der Waals surface area contributed by atoms with Gasteiger partial charge >= 0.3 is 5.97 Å². The quantitative estimate of drug-likeness (QED) is 0.232. The van der Waals surface area contributed by atoms with Crippen LogP contribution in [0.5, 0.6) is 11.5 Å². The molecule has 1 saturated carbocycles. The maximum absolute atomic E-state index is 11.4. The number of carbonyl (C=O) groups excluding carboxylic acids is 1. The average Bonchev–Trinajstić information content (AvgIpc) is 3.43. The molecule has 0 radical (unpaired) electrons. The first kappa shape index (κ1) is 18.6. The molecule has 2 rings (SSSR count). The fraction of sp³-hybridized carbons (Fsp3) is 0.350. The van der Waals surface area contributed by atoms with Crippen molar-refractivity contribution in [1.29, 1.82) is 0 Å². The lowest BCUT2D eigenvalue weighted by Gasteiger charge is -2.15. The smallest absolute Gasteiger partial charge is 0.333 e. The Balaban J connectivity index is 1.96. The number of ether oxygens (including phenoxy) is 3. The lowest BCUT2D eigenvalue weighted by molar-refractivity contribution is -0.138. The molecule has 1 N–H and O–H groups in total. The number of carbonyl (C=O) groups is 1. The zero-order valence-corrected chi connectivity index (χ0v) is 14.9. The number of allylic oxidation sites excluding steroid dienone is 2. The number of benzene rings is 1. The Morgan fingerprint density at radius 3 is 2.68 bits per heavy atom. The summed E-state index contributed by atoms with van der Waals surface area (Å²) in [5.74, 6) is 1.65. The molecule has 5 nitrogen and oxygen atoms in total. The van der Waals surface area contributed by atoms with Crippen LogP contribution in [-0.4, -0.2) is 26.2 Å². The van der Waals surface area contributed by atoms with Crippen molar-refractivity contribution in [1.82, 2.24) is 5.32 Å². The van der Waals surface area contributed by atoms with Crippen LogP contribution in [0.25, 0.3) is 0 Å². The maximum Gasteiger partial charge on any atom is 0.333 e. The Labute approximate surface area is 149 Å². The summed E-state index contributed by atoms with van der Waals surface area (Å²) in [6.45, 7) is 9.64. The first-order chi connectivity index (χ1) is 12.0. The number of esters is 1. The third-order valence-corrected chi connectivity index (χ3v) is 3.61. The molecular weight excluding hydrogens is 318 g/mol. The summed E-state index contributed by atoms with van der Waals surface area (Å²) in [6.07, 6.45) is 4.63. The lowest BCUT2D eigenvalue weighted by Crippen LogP contribution is -2.24. The van der Waals surface area contributed by atoms with Crippen molar-refractivity contribution in [3.8, 4) is 11.5 Å². The highest BCUT2D eigenvalue weighted by atomic mass is 16.5. The van der Waals surface area contributed by atoms with Gasteiger partial charge in [0.1, 0.15) is 6.61 Å². The molecule has 0 atom stereocenters. The highest BCUT2D eigenvalue weighted by Gasteiger charge is 2.21. The normalized spacial score (nSPS) is 12.2. The molecule has 1 aliphatic rings. The van der Waals surface area contributed by atoms with Crippen LogP contribution in [0.4, 0.5) is 0 Å². The molecule has 134 valence electrons. The molecule has 1 aliphatic carbocycles. The Hall–Kier alpha value is -2.69. The topological polar surface area (TPSA) is 56.8 Å². The van der Waals surface area contributed by atoms with E-state index in [9.17, 15) is 4.79 Å². The third kappa shape index (κ3) is 5.71. The van der Waals surface area contributed by atoms with E-state index in [-0.39, 0.29) is 12.6 Å². The number of hydrogen-bond acceptors (Lipinski definition) is 5. The minimum Gasteiger partial charge on any atom is -0.493 e. The molecule has 1 fully saturated rings. The third-order valence-electron chi connectivity index (χ3n) is 3.61. The zero-order valence-electron chi connectivity index (χ0n) is 14.9. The summed E-state index contributed by atoms with van der Waals surface area (Å²) in [4.78, 5) is 11.4. The lowest BCUT2D eigenvalue weighted by atomic mass is 10.1. The van der Waals surface area contributed by atoms with Gasteiger partial charge in [-0.05, 0) is 49.5 Å². The fourth-order valence-corrected chi connectivity index (χ4v) is 2.15. The van der Waals surface area contributed by atoms with Crippen LogP contribution in [0.1, 0.15) is 25.3 Å². The van der Waals surface area contributed by atoms with Crippen LogP contribution < -0.4 is 14.8 Å². The van der Waals surface area contributed by atoms with E-state index in [1.54, 1.807) is 14.0 Å². The molecule has 0 bridgehead atoms. The van der Waals surface area contributed by atoms with Gasteiger partial charge in [0, 0.05) is 5.57 Å². The molecule has 0 aliphatic heterocycles. The van der Waals surface area contributed by atoms with Crippen LogP contribution in [0.15, 0.2) is 54.5 Å². The molecule has 0 aromatic heterocycles. The van der Waals surface area contributed by atoms with E-state index in [1.165, 1.54) is 5.57 Å². The van der Waals surface area contributed by atoms with Crippen LogP contribution in [0.3, 0.4) is 0 Å². The van der Waals surface area contributed by atoms with Crippen LogP contribution in [0, 0.1) is 0 Å². The van der Waals surface area contributed by atoms with Crippen molar-refractivity contribution < 1.29 is 19.0 Å².